The minimum Gasteiger partial charge on any atom is -0.493 e. The summed E-state index contributed by atoms with van der Waals surface area (Å²) in [6.07, 6.45) is 2.52. The Morgan fingerprint density at radius 3 is 2.81 bits per heavy atom. The maximum atomic E-state index is 11.6. The Bertz CT molecular complexity index is 619. The number of likely N-dealkylation sites (tertiary alicyclic amines) is 1. The molecule has 1 aliphatic rings. The molecule has 0 unspecified atom stereocenters. The molecule has 1 aliphatic heterocycles. The molecule has 1 aromatic rings. The van der Waals surface area contributed by atoms with E-state index in [4.69, 9.17) is 9.47 Å². The van der Waals surface area contributed by atoms with Gasteiger partial charge >= 0.3 is 0 Å². The van der Waals surface area contributed by atoms with Crippen molar-refractivity contribution in [2.45, 2.75) is 33.1 Å². The number of amides is 1. The fourth-order valence-electron chi connectivity index (χ4n) is 2.86. The van der Waals surface area contributed by atoms with E-state index >= 15 is 0 Å². The summed E-state index contributed by atoms with van der Waals surface area (Å²) < 4.78 is 10.9. The summed E-state index contributed by atoms with van der Waals surface area (Å²) in [5.41, 5.74) is 0.878. The average Bonchev–Trinajstić information content (AvgIpc) is 3.04. The Balaban J connectivity index is 1.93. The highest BCUT2D eigenvalue weighted by molar-refractivity contribution is 5.93. The third kappa shape index (κ3) is 5.82. The number of nitrogens with zero attached hydrogens (tertiary/aromatic N) is 2. The van der Waals surface area contributed by atoms with E-state index in [2.05, 4.69) is 15.6 Å². The van der Waals surface area contributed by atoms with Gasteiger partial charge in [-0.15, -0.1) is 0 Å². The van der Waals surface area contributed by atoms with Gasteiger partial charge in [-0.2, -0.15) is 0 Å². The lowest BCUT2D eigenvalue weighted by Gasteiger charge is -2.16. The van der Waals surface area contributed by atoms with E-state index in [1.807, 2.05) is 36.9 Å². The SMILES string of the molecule is CCNC(=NCCCN1CCCC1=O)Nc1ccc(OC)c(OCC)c1. The number of carbonyl (C=O) groups is 1. The lowest BCUT2D eigenvalue weighted by molar-refractivity contribution is -0.127. The molecule has 2 rings (SSSR count). The molecule has 0 saturated carbocycles. The number of methoxy groups -OCH3 is 1. The predicted molar refractivity (Wildman–Crippen MR) is 104 cm³/mol. The number of rotatable bonds is 9. The molecule has 0 spiro atoms. The van der Waals surface area contributed by atoms with E-state index < -0.39 is 0 Å². The van der Waals surface area contributed by atoms with Gasteiger partial charge in [0.2, 0.25) is 5.91 Å². The maximum Gasteiger partial charge on any atom is 0.222 e. The minimum absolute atomic E-state index is 0.265. The monoisotopic (exact) mass is 362 g/mol. The number of guanidine groups is 1. The van der Waals surface area contributed by atoms with Gasteiger partial charge < -0.3 is 25.0 Å². The molecule has 144 valence electrons. The molecular formula is C19H30N4O3. The van der Waals surface area contributed by atoms with Crippen molar-refractivity contribution in [3.8, 4) is 11.5 Å². The minimum atomic E-state index is 0.265. The van der Waals surface area contributed by atoms with Crippen LogP contribution in [0.15, 0.2) is 23.2 Å². The zero-order valence-electron chi connectivity index (χ0n) is 16.0. The van der Waals surface area contributed by atoms with E-state index in [1.165, 1.54) is 0 Å². The quantitative estimate of drug-likeness (QED) is 0.401. The second kappa shape index (κ2) is 10.5. The van der Waals surface area contributed by atoms with E-state index in [-0.39, 0.29) is 5.91 Å². The lowest BCUT2D eigenvalue weighted by atomic mass is 10.2. The summed E-state index contributed by atoms with van der Waals surface area (Å²) in [5, 5.41) is 6.52. The first-order valence-electron chi connectivity index (χ1n) is 9.31. The van der Waals surface area contributed by atoms with Gasteiger partial charge in [0.15, 0.2) is 17.5 Å². The highest BCUT2D eigenvalue weighted by Gasteiger charge is 2.18. The summed E-state index contributed by atoms with van der Waals surface area (Å²) in [6.45, 7) is 7.63. The van der Waals surface area contributed by atoms with E-state index in [0.717, 1.165) is 38.2 Å². The molecule has 7 heteroatoms. The van der Waals surface area contributed by atoms with Crippen molar-refractivity contribution in [2.24, 2.45) is 4.99 Å². The summed E-state index contributed by atoms with van der Waals surface area (Å²) in [7, 11) is 1.63. The van der Waals surface area contributed by atoms with E-state index in [9.17, 15) is 4.79 Å². The molecule has 0 aliphatic carbocycles. The van der Waals surface area contributed by atoms with Crippen LogP contribution in [0, 0.1) is 0 Å². The number of anilines is 1. The number of carbonyl (C=O) groups excluding carboxylic acids is 1. The van der Waals surface area contributed by atoms with Crippen LogP contribution in [-0.2, 0) is 4.79 Å². The summed E-state index contributed by atoms with van der Waals surface area (Å²) in [6, 6.07) is 5.70. The molecule has 0 atom stereocenters. The van der Waals surface area contributed by atoms with E-state index in [1.54, 1.807) is 7.11 Å². The molecule has 26 heavy (non-hydrogen) atoms. The van der Waals surface area contributed by atoms with Crippen LogP contribution in [0.25, 0.3) is 0 Å². The van der Waals surface area contributed by atoms with Gasteiger partial charge in [-0.05, 0) is 38.8 Å². The molecule has 7 nitrogen and oxygen atoms in total. The second-order valence-electron chi connectivity index (χ2n) is 6.02. The van der Waals surface area contributed by atoms with Crippen molar-refractivity contribution in [3.63, 3.8) is 0 Å². The molecule has 0 aromatic heterocycles. The third-order valence-electron chi connectivity index (χ3n) is 4.10. The number of benzene rings is 1. The van der Waals surface area contributed by atoms with Crippen molar-refractivity contribution < 1.29 is 14.3 Å². The van der Waals surface area contributed by atoms with Crippen LogP contribution in [0.1, 0.15) is 33.1 Å². The van der Waals surface area contributed by atoms with Crippen LogP contribution in [-0.4, -0.2) is 56.7 Å². The van der Waals surface area contributed by atoms with Gasteiger partial charge in [0.25, 0.3) is 0 Å². The summed E-state index contributed by atoms with van der Waals surface area (Å²) in [5.74, 6) is 2.38. The summed E-state index contributed by atoms with van der Waals surface area (Å²) >= 11 is 0. The standard InChI is InChI=1S/C19H30N4O3/c1-4-20-19(21-11-7-13-23-12-6-8-18(23)24)22-15-9-10-16(25-3)17(14-15)26-5-2/h9-10,14H,4-8,11-13H2,1-3H3,(H2,20,21,22). The Morgan fingerprint density at radius 2 is 2.15 bits per heavy atom. The summed E-state index contributed by atoms with van der Waals surface area (Å²) in [4.78, 5) is 18.1. The van der Waals surface area contributed by atoms with Crippen LogP contribution in [0.2, 0.25) is 0 Å². The number of ether oxygens (including phenoxy) is 2. The van der Waals surface area contributed by atoms with Crippen LogP contribution in [0.4, 0.5) is 5.69 Å². The molecule has 0 radical (unpaired) electrons. The molecule has 1 amide bonds. The highest BCUT2D eigenvalue weighted by atomic mass is 16.5. The van der Waals surface area contributed by atoms with Crippen molar-refractivity contribution in [3.05, 3.63) is 18.2 Å². The molecule has 1 saturated heterocycles. The zero-order chi connectivity index (χ0) is 18.8. The van der Waals surface area contributed by atoms with Crippen LogP contribution < -0.4 is 20.1 Å². The number of hydrogen-bond acceptors (Lipinski definition) is 4. The topological polar surface area (TPSA) is 75.2 Å². The molecule has 1 aromatic carbocycles. The Kier molecular flexibility index (Phi) is 8.05. The van der Waals surface area contributed by atoms with E-state index in [0.29, 0.717) is 37.0 Å². The highest BCUT2D eigenvalue weighted by Crippen LogP contribution is 2.30. The molecule has 1 fully saturated rings. The smallest absolute Gasteiger partial charge is 0.222 e. The Hall–Kier alpha value is -2.44. The van der Waals surface area contributed by atoms with Crippen molar-refractivity contribution >= 4 is 17.6 Å². The molecule has 2 N–H and O–H groups in total. The normalized spacial score (nSPS) is 14.5. The first kappa shape index (κ1) is 19.9. The lowest BCUT2D eigenvalue weighted by Crippen LogP contribution is -2.31. The first-order chi connectivity index (χ1) is 12.7. The first-order valence-corrected chi connectivity index (χ1v) is 9.31. The zero-order valence-corrected chi connectivity index (χ0v) is 16.0. The number of hydrogen-bond donors (Lipinski definition) is 2. The van der Waals surface area contributed by atoms with Gasteiger partial charge in [0, 0.05) is 44.4 Å². The average molecular weight is 362 g/mol. The Morgan fingerprint density at radius 1 is 1.31 bits per heavy atom. The predicted octanol–water partition coefficient (Wildman–Crippen LogP) is 2.48. The fourth-order valence-corrected chi connectivity index (χ4v) is 2.86. The van der Waals surface area contributed by atoms with Gasteiger partial charge in [-0.1, -0.05) is 0 Å². The van der Waals surface area contributed by atoms with Crippen molar-refractivity contribution in [1.29, 1.82) is 0 Å². The number of nitrogens with one attached hydrogen (secondary N) is 2. The Labute approximate surface area is 155 Å². The molecule has 1 heterocycles. The third-order valence-corrected chi connectivity index (χ3v) is 4.10. The van der Waals surface area contributed by atoms with Gasteiger partial charge in [0.1, 0.15) is 0 Å². The number of aliphatic imine (C=N–C) groups is 1. The fraction of sp³-hybridized carbons (Fsp3) is 0.579. The maximum absolute atomic E-state index is 11.6. The van der Waals surface area contributed by atoms with Crippen LogP contribution >= 0.6 is 0 Å². The second-order valence-corrected chi connectivity index (χ2v) is 6.02. The van der Waals surface area contributed by atoms with Gasteiger partial charge in [0.05, 0.1) is 13.7 Å². The molecular weight excluding hydrogens is 332 g/mol. The van der Waals surface area contributed by atoms with Crippen LogP contribution in [0.5, 0.6) is 11.5 Å². The van der Waals surface area contributed by atoms with Gasteiger partial charge in [-0.25, -0.2) is 0 Å². The van der Waals surface area contributed by atoms with Crippen LogP contribution in [0.3, 0.4) is 0 Å². The molecule has 0 bridgehead atoms. The van der Waals surface area contributed by atoms with Crippen molar-refractivity contribution in [2.75, 3.05) is 45.2 Å². The largest absolute Gasteiger partial charge is 0.493 e. The van der Waals surface area contributed by atoms with Crippen molar-refractivity contribution in [1.82, 2.24) is 10.2 Å². The van der Waals surface area contributed by atoms with Gasteiger partial charge in [-0.3, -0.25) is 9.79 Å².